The first kappa shape index (κ1) is 13.0. The molecule has 1 aliphatic carbocycles. The Balaban J connectivity index is 1.71. The molecule has 6 nitrogen and oxygen atoms in total. The van der Waals surface area contributed by atoms with Crippen molar-refractivity contribution in [1.29, 1.82) is 0 Å². The molecule has 2 rings (SSSR count). The summed E-state index contributed by atoms with van der Waals surface area (Å²) in [6.45, 7) is 4.08. The van der Waals surface area contributed by atoms with E-state index in [-0.39, 0.29) is 11.8 Å². The van der Waals surface area contributed by atoms with Gasteiger partial charge in [0.05, 0.1) is 11.4 Å². The SMILES string of the molecule is CCOCCCNC(=O)C1CCc2n[nH]nc2C1. The van der Waals surface area contributed by atoms with Gasteiger partial charge in [0.15, 0.2) is 0 Å². The van der Waals surface area contributed by atoms with Gasteiger partial charge in [0.25, 0.3) is 0 Å². The average molecular weight is 252 g/mol. The molecule has 0 saturated carbocycles. The van der Waals surface area contributed by atoms with Gasteiger partial charge in [0.1, 0.15) is 0 Å². The molecule has 0 radical (unpaired) electrons. The second-order valence-corrected chi connectivity index (χ2v) is 4.50. The molecule has 0 aromatic carbocycles. The van der Waals surface area contributed by atoms with Crippen LogP contribution in [0.25, 0.3) is 0 Å². The van der Waals surface area contributed by atoms with Crippen LogP contribution in [0.4, 0.5) is 0 Å². The number of fused-ring (bicyclic) bond motifs is 1. The molecular formula is C12H20N4O2. The molecule has 1 aliphatic rings. The summed E-state index contributed by atoms with van der Waals surface area (Å²) in [4.78, 5) is 12.0. The summed E-state index contributed by atoms with van der Waals surface area (Å²) < 4.78 is 5.22. The Morgan fingerprint density at radius 1 is 1.50 bits per heavy atom. The lowest BCUT2D eigenvalue weighted by Gasteiger charge is -2.19. The molecule has 1 atom stereocenters. The van der Waals surface area contributed by atoms with Crippen LogP contribution in [0.3, 0.4) is 0 Å². The Morgan fingerprint density at radius 3 is 3.17 bits per heavy atom. The van der Waals surface area contributed by atoms with Gasteiger partial charge < -0.3 is 10.1 Å². The van der Waals surface area contributed by atoms with Gasteiger partial charge in [-0.05, 0) is 26.2 Å². The molecule has 1 amide bonds. The highest BCUT2D eigenvalue weighted by Crippen LogP contribution is 2.22. The van der Waals surface area contributed by atoms with Crippen molar-refractivity contribution in [2.24, 2.45) is 5.92 Å². The molecule has 2 N–H and O–H groups in total. The fourth-order valence-electron chi connectivity index (χ4n) is 2.18. The fourth-order valence-corrected chi connectivity index (χ4v) is 2.18. The molecule has 0 saturated heterocycles. The normalized spacial score (nSPS) is 18.4. The predicted octanol–water partition coefficient (Wildman–Crippen LogP) is 0.452. The van der Waals surface area contributed by atoms with Crippen LogP contribution in [0.5, 0.6) is 0 Å². The fraction of sp³-hybridized carbons (Fsp3) is 0.750. The molecule has 6 heteroatoms. The monoisotopic (exact) mass is 252 g/mol. The zero-order valence-electron chi connectivity index (χ0n) is 10.7. The highest BCUT2D eigenvalue weighted by Gasteiger charge is 2.26. The van der Waals surface area contributed by atoms with Gasteiger partial charge in [0.2, 0.25) is 5.91 Å². The lowest BCUT2D eigenvalue weighted by Crippen LogP contribution is -2.35. The van der Waals surface area contributed by atoms with Crippen LogP contribution >= 0.6 is 0 Å². The Hall–Kier alpha value is -1.43. The number of carbonyl (C=O) groups is 1. The van der Waals surface area contributed by atoms with Gasteiger partial charge in [-0.3, -0.25) is 4.79 Å². The van der Waals surface area contributed by atoms with Gasteiger partial charge in [-0.25, -0.2) is 0 Å². The lowest BCUT2D eigenvalue weighted by atomic mass is 9.89. The minimum absolute atomic E-state index is 0.0368. The maximum atomic E-state index is 12.0. The van der Waals surface area contributed by atoms with Crippen LogP contribution in [-0.4, -0.2) is 41.1 Å². The number of aromatic amines is 1. The molecule has 1 aromatic rings. The lowest BCUT2D eigenvalue weighted by molar-refractivity contribution is -0.125. The van der Waals surface area contributed by atoms with E-state index in [0.717, 1.165) is 37.3 Å². The first-order valence-electron chi connectivity index (χ1n) is 6.55. The molecule has 18 heavy (non-hydrogen) atoms. The summed E-state index contributed by atoms with van der Waals surface area (Å²) in [6.07, 6.45) is 3.25. The van der Waals surface area contributed by atoms with Crippen LogP contribution in [-0.2, 0) is 22.4 Å². The topological polar surface area (TPSA) is 79.9 Å². The first-order valence-corrected chi connectivity index (χ1v) is 6.55. The number of carbonyl (C=O) groups excluding carboxylic acids is 1. The van der Waals surface area contributed by atoms with Crippen LogP contribution in [0, 0.1) is 5.92 Å². The van der Waals surface area contributed by atoms with Gasteiger partial charge >= 0.3 is 0 Å². The Bertz CT molecular complexity index is 391. The molecule has 1 heterocycles. The second kappa shape index (κ2) is 6.49. The number of rotatable bonds is 6. The third-order valence-electron chi connectivity index (χ3n) is 3.21. The van der Waals surface area contributed by atoms with E-state index in [9.17, 15) is 4.79 Å². The minimum atomic E-state index is 0.0368. The van der Waals surface area contributed by atoms with Gasteiger partial charge in [-0.15, -0.1) is 0 Å². The number of hydrogen-bond acceptors (Lipinski definition) is 4. The molecule has 0 fully saturated rings. The van der Waals surface area contributed by atoms with Crippen molar-refractivity contribution in [2.45, 2.75) is 32.6 Å². The molecule has 1 unspecified atom stereocenters. The van der Waals surface area contributed by atoms with Crippen molar-refractivity contribution >= 4 is 5.91 Å². The molecule has 0 spiro atoms. The van der Waals surface area contributed by atoms with Crippen LogP contribution in [0.2, 0.25) is 0 Å². The Labute approximate surface area is 106 Å². The van der Waals surface area contributed by atoms with Crippen molar-refractivity contribution in [1.82, 2.24) is 20.7 Å². The smallest absolute Gasteiger partial charge is 0.223 e. The Kier molecular flexibility index (Phi) is 4.69. The van der Waals surface area contributed by atoms with Crippen molar-refractivity contribution in [3.63, 3.8) is 0 Å². The molecule has 0 bridgehead atoms. The van der Waals surface area contributed by atoms with Gasteiger partial charge in [0, 0.05) is 32.1 Å². The largest absolute Gasteiger partial charge is 0.382 e. The summed E-state index contributed by atoms with van der Waals surface area (Å²) in [5.41, 5.74) is 1.95. The number of H-pyrrole nitrogens is 1. The summed E-state index contributed by atoms with van der Waals surface area (Å²) in [5.74, 6) is 0.162. The maximum absolute atomic E-state index is 12.0. The van der Waals surface area contributed by atoms with E-state index in [0.29, 0.717) is 19.6 Å². The van der Waals surface area contributed by atoms with Crippen LogP contribution in [0.15, 0.2) is 0 Å². The highest BCUT2D eigenvalue weighted by molar-refractivity contribution is 5.79. The van der Waals surface area contributed by atoms with Crippen LogP contribution < -0.4 is 5.32 Å². The molecule has 100 valence electrons. The number of nitrogens with zero attached hydrogens (tertiary/aromatic N) is 2. The van der Waals surface area contributed by atoms with E-state index in [1.165, 1.54) is 0 Å². The zero-order valence-corrected chi connectivity index (χ0v) is 10.7. The third kappa shape index (κ3) is 3.29. The quantitative estimate of drug-likeness (QED) is 0.720. The molecular weight excluding hydrogens is 232 g/mol. The van der Waals surface area contributed by atoms with Crippen LogP contribution in [0.1, 0.15) is 31.2 Å². The summed E-state index contributed by atoms with van der Waals surface area (Å²) >= 11 is 0. The number of hydrogen-bond donors (Lipinski definition) is 2. The van der Waals surface area contributed by atoms with Crippen molar-refractivity contribution in [3.8, 4) is 0 Å². The van der Waals surface area contributed by atoms with E-state index in [2.05, 4.69) is 20.7 Å². The van der Waals surface area contributed by atoms with E-state index in [4.69, 9.17) is 4.74 Å². The van der Waals surface area contributed by atoms with E-state index in [1.54, 1.807) is 0 Å². The van der Waals surface area contributed by atoms with Crippen molar-refractivity contribution in [2.75, 3.05) is 19.8 Å². The van der Waals surface area contributed by atoms with E-state index < -0.39 is 0 Å². The standard InChI is InChI=1S/C12H20N4O2/c1-2-18-7-3-6-13-12(17)9-4-5-10-11(8-9)15-16-14-10/h9H,2-8H2,1H3,(H,13,17)(H,14,15,16). The zero-order chi connectivity index (χ0) is 12.8. The first-order chi connectivity index (χ1) is 8.81. The van der Waals surface area contributed by atoms with E-state index >= 15 is 0 Å². The predicted molar refractivity (Wildman–Crippen MR) is 66.0 cm³/mol. The second-order valence-electron chi connectivity index (χ2n) is 4.50. The number of nitrogens with one attached hydrogen (secondary N) is 2. The third-order valence-corrected chi connectivity index (χ3v) is 3.21. The van der Waals surface area contributed by atoms with Crippen molar-refractivity contribution in [3.05, 3.63) is 11.4 Å². The maximum Gasteiger partial charge on any atom is 0.223 e. The molecule has 0 aliphatic heterocycles. The summed E-state index contributed by atoms with van der Waals surface area (Å²) in [5, 5.41) is 13.7. The summed E-state index contributed by atoms with van der Waals surface area (Å²) in [7, 11) is 0. The Morgan fingerprint density at radius 2 is 2.33 bits per heavy atom. The molecule has 1 aromatic heterocycles. The van der Waals surface area contributed by atoms with Crippen molar-refractivity contribution < 1.29 is 9.53 Å². The number of ether oxygens (including phenoxy) is 1. The summed E-state index contributed by atoms with van der Waals surface area (Å²) in [6, 6.07) is 0. The number of amides is 1. The van der Waals surface area contributed by atoms with E-state index in [1.807, 2.05) is 6.92 Å². The number of aromatic nitrogens is 3. The average Bonchev–Trinajstić information content (AvgIpc) is 2.85. The minimum Gasteiger partial charge on any atom is -0.382 e. The van der Waals surface area contributed by atoms with Gasteiger partial charge in [-0.2, -0.15) is 15.4 Å². The van der Waals surface area contributed by atoms with Gasteiger partial charge in [-0.1, -0.05) is 0 Å². The number of aryl methyl sites for hydroxylation is 1. The highest BCUT2D eigenvalue weighted by atomic mass is 16.5.